The smallest absolute Gasteiger partial charge is 0.412 e. The van der Waals surface area contributed by atoms with Gasteiger partial charge in [-0.05, 0) is 64.3 Å². The van der Waals surface area contributed by atoms with E-state index in [-0.39, 0.29) is 0 Å². The van der Waals surface area contributed by atoms with Gasteiger partial charge in [-0.25, -0.2) is 4.79 Å². The highest BCUT2D eigenvalue weighted by atomic mass is 16.6. The molecule has 1 N–H and O–H groups in total. The molecular formula is C16H24N2O2. The summed E-state index contributed by atoms with van der Waals surface area (Å²) in [5.41, 5.74) is 2.62. The van der Waals surface area contributed by atoms with Crippen molar-refractivity contribution in [1.82, 2.24) is 0 Å². The van der Waals surface area contributed by atoms with E-state index in [9.17, 15) is 4.79 Å². The molecule has 0 bridgehead atoms. The minimum absolute atomic E-state index is 0.408. The molecule has 0 spiro atoms. The molecule has 1 heterocycles. The van der Waals surface area contributed by atoms with Crippen molar-refractivity contribution in [2.45, 2.75) is 46.1 Å². The first kappa shape index (κ1) is 14.7. The number of carbonyl (C=O) groups is 1. The quantitative estimate of drug-likeness (QED) is 0.889. The Hall–Kier alpha value is -1.71. The molecule has 1 amide bonds. The van der Waals surface area contributed by atoms with Gasteiger partial charge >= 0.3 is 6.09 Å². The van der Waals surface area contributed by atoms with Gasteiger partial charge in [0.1, 0.15) is 5.60 Å². The maximum atomic E-state index is 11.8. The predicted molar refractivity (Wildman–Crippen MR) is 82.5 cm³/mol. The van der Waals surface area contributed by atoms with Crippen molar-refractivity contribution < 1.29 is 9.53 Å². The second kappa shape index (κ2) is 5.73. The predicted octanol–water partition coefficient (Wildman–Crippen LogP) is 3.94. The molecule has 1 saturated heterocycles. The number of rotatable bonds is 2. The normalized spacial score (nSPS) is 15.3. The monoisotopic (exact) mass is 276 g/mol. The Bertz CT molecular complexity index is 486. The van der Waals surface area contributed by atoms with E-state index in [1.807, 2.05) is 33.8 Å². The fourth-order valence-electron chi connectivity index (χ4n) is 2.37. The fraction of sp³-hybridized carbons (Fsp3) is 0.562. The van der Waals surface area contributed by atoms with Gasteiger partial charge in [0.05, 0.1) is 0 Å². The van der Waals surface area contributed by atoms with Gasteiger partial charge in [0.15, 0.2) is 0 Å². The van der Waals surface area contributed by atoms with Crippen LogP contribution in [0.5, 0.6) is 0 Å². The standard InChI is InChI=1S/C16H24N2O2/c1-12-11-13(18-9-5-6-10-18)7-8-14(12)17-15(19)20-16(2,3)4/h7-8,11H,5-6,9-10H2,1-4H3,(H,17,19). The van der Waals surface area contributed by atoms with Gasteiger partial charge in [-0.15, -0.1) is 0 Å². The first-order chi connectivity index (χ1) is 9.35. The molecule has 1 aliphatic heterocycles. The molecule has 0 aromatic heterocycles. The van der Waals surface area contributed by atoms with Gasteiger partial charge in [0, 0.05) is 24.5 Å². The van der Waals surface area contributed by atoms with Crippen LogP contribution >= 0.6 is 0 Å². The molecular weight excluding hydrogens is 252 g/mol. The zero-order valence-electron chi connectivity index (χ0n) is 12.8. The number of anilines is 2. The molecule has 1 fully saturated rings. The molecule has 4 nitrogen and oxygen atoms in total. The van der Waals surface area contributed by atoms with Crippen LogP contribution in [0.2, 0.25) is 0 Å². The summed E-state index contributed by atoms with van der Waals surface area (Å²) in [5.74, 6) is 0. The van der Waals surface area contributed by atoms with Crippen molar-refractivity contribution >= 4 is 17.5 Å². The molecule has 0 unspecified atom stereocenters. The molecule has 0 radical (unpaired) electrons. The lowest BCUT2D eigenvalue weighted by Crippen LogP contribution is -2.27. The van der Waals surface area contributed by atoms with E-state index in [0.29, 0.717) is 0 Å². The topological polar surface area (TPSA) is 41.6 Å². The van der Waals surface area contributed by atoms with E-state index in [1.165, 1.54) is 18.5 Å². The molecule has 1 aromatic rings. The van der Waals surface area contributed by atoms with Crippen LogP contribution < -0.4 is 10.2 Å². The van der Waals surface area contributed by atoms with Gasteiger partial charge in [-0.2, -0.15) is 0 Å². The lowest BCUT2D eigenvalue weighted by atomic mass is 10.1. The van der Waals surface area contributed by atoms with Gasteiger partial charge in [-0.1, -0.05) is 0 Å². The fourth-order valence-corrected chi connectivity index (χ4v) is 2.37. The summed E-state index contributed by atoms with van der Waals surface area (Å²) in [6, 6.07) is 6.13. The highest BCUT2D eigenvalue weighted by Crippen LogP contribution is 2.25. The number of amides is 1. The lowest BCUT2D eigenvalue weighted by Gasteiger charge is -2.21. The van der Waals surface area contributed by atoms with E-state index in [1.54, 1.807) is 0 Å². The second-order valence-electron chi connectivity index (χ2n) is 6.32. The van der Waals surface area contributed by atoms with Gasteiger partial charge in [0.25, 0.3) is 0 Å². The van der Waals surface area contributed by atoms with Gasteiger partial charge in [-0.3, -0.25) is 5.32 Å². The Kier molecular flexibility index (Phi) is 4.21. The lowest BCUT2D eigenvalue weighted by molar-refractivity contribution is 0.0636. The van der Waals surface area contributed by atoms with Crippen molar-refractivity contribution in [2.75, 3.05) is 23.3 Å². The summed E-state index contributed by atoms with van der Waals surface area (Å²) in [5, 5.41) is 2.80. The van der Waals surface area contributed by atoms with Crippen molar-refractivity contribution in [3.63, 3.8) is 0 Å². The first-order valence-corrected chi connectivity index (χ1v) is 7.21. The molecule has 1 aliphatic rings. The third-order valence-electron chi connectivity index (χ3n) is 3.32. The molecule has 4 heteroatoms. The largest absolute Gasteiger partial charge is 0.444 e. The highest BCUT2D eigenvalue weighted by Gasteiger charge is 2.17. The summed E-state index contributed by atoms with van der Waals surface area (Å²) in [4.78, 5) is 14.2. The SMILES string of the molecule is Cc1cc(N2CCCC2)ccc1NC(=O)OC(C)(C)C. The average molecular weight is 276 g/mol. The third-order valence-corrected chi connectivity index (χ3v) is 3.32. The minimum atomic E-state index is -0.479. The van der Waals surface area contributed by atoms with E-state index in [4.69, 9.17) is 4.74 Å². The maximum absolute atomic E-state index is 11.8. The van der Waals surface area contributed by atoms with E-state index >= 15 is 0 Å². The number of nitrogens with zero attached hydrogens (tertiary/aromatic N) is 1. The first-order valence-electron chi connectivity index (χ1n) is 7.21. The summed E-state index contributed by atoms with van der Waals surface area (Å²) in [7, 11) is 0. The number of nitrogens with one attached hydrogen (secondary N) is 1. The van der Waals surface area contributed by atoms with E-state index in [0.717, 1.165) is 24.3 Å². The molecule has 1 aromatic carbocycles. The zero-order valence-corrected chi connectivity index (χ0v) is 12.8. The maximum Gasteiger partial charge on any atom is 0.412 e. The number of carbonyl (C=O) groups excluding carboxylic acids is 1. The molecule has 2 rings (SSSR count). The average Bonchev–Trinajstić information content (AvgIpc) is 2.82. The number of hydrogen-bond donors (Lipinski definition) is 1. The van der Waals surface area contributed by atoms with Crippen molar-refractivity contribution in [3.05, 3.63) is 23.8 Å². The Labute approximate surface area is 121 Å². The van der Waals surface area contributed by atoms with E-state index in [2.05, 4.69) is 22.3 Å². The Morgan fingerprint density at radius 3 is 2.45 bits per heavy atom. The van der Waals surface area contributed by atoms with Crippen LogP contribution in [-0.4, -0.2) is 24.8 Å². The zero-order chi connectivity index (χ0) is 14.8. The summed E-state index contributed by atoms with van der Waals surface area (Å²) < 4.78 is 5.27. The highest BCUT2D eigenvalue weighted by molar-refractivity contribution is 5.86. The Morgan fingerprint density at radius 1 is 1.25 bits per heavy atom. The molecule has 110 valence electrons. The summed E-state index contributed by atoms with van der Waals surface area (Å²) in [6.45, 7) is 9.82. The Balaban J connectivity index is 2.04. The van der Waals surface area contributed by atoms with Crippen LogP contribution in [0.3, 0.4) is 0 Å². The number of aryl methyl sites for hydroxylation is 1. The van der Waals surface area contributed by atoms with Crippen LogP contribution in [0.25, 0.3) is 0 Å². The number of benzene rings is 1. The molecule has 0 saturated carbocycles. The number of hydrogen-bond acceptors (Lipinski definition) is 3. The summed E-state index contributed by atoms with van der Waals surface area (Å²) in [6.07, 6.45) is 2.11. The van der Waals surface area contributed by atoms with Crippen LogP contribution in [0, 0.1) is 6.92 Å². The van der Waals surface area contributed by atoms with E-state index < -0.39 is 11.7 Å². The minimum Gasteiger partial charge on any atom is -0.444 e. The van der Waals surface area contributed by atoms with Crippen molar-refractivity contribution in [3.8, 4) is 0 Å². The third kappa shape index (κ3) is 3.89. The molecule has 0 atom stereocenters. The van der Waals surface area contributed by atoms with Crippen LogP contribution in [-0.2, 0) is 4.74 Å². The Morgan fingerprint density at radius 2 is 1.90 bits per heavy atom. The van der Waals surface area contributed by atoms with Crippen LogP contribution in [0.4, 0.5) is 16.2 Å². The van der Waals surface area contributed by atoms with Crippen LogP contribution in [0.15, 0.2) is 18.2 Å². The van der Waals surface area contributed by atoms with Gasteiger partial charge < -0.3 is 9.64 Å². The molecule has 20 heavy (non-hydrogen) atoms. The van der Waals surface area contributed by atoms with Crippen molar-refractivity contribution in [2.24, 2.45) is 0 Å². The van der Waals surface area contributed by atoms with Crippen LogP contribution in [0.1, 0.15) is 39.2 Å². The second-order valence-corrected chi connectivity index (χ2v) is 6.32. The molecule has 0 aliphatic carbocycles. The van der Waals surface area contributed by atoms with Crippen molar-refractivity contribution in [1.29, 1.82) is 0 Å². The van der Waals surface area contributed by atoms with Gasteiger partial charge in [0.2, 0.25) is 0 Å². The number of ether oxygens (including phenoxy) is 1. The summed E-state index contributed by atoms with van der Waals surface area (Å²) >= 11 is 0.